The SMILES string of the molecule is COc1ccc2ccc3nc(-c4nnn[nH]4)cn3c2c1. The molecule has 4 rings (SSSR count). The number of hydrogen-bond donors (Lipinski definition) is 1. The molecule has 0 radical (unpaired) electrons. The van der Waals surface area contributed by atoms with Gasteiger partial charge in [-0.2, -0.15) is 0 Å². The van der Waals surface area contributed by atoms with E-state index in [2.05, 4.69) is 25.6 Å². The summed E-state index contributed by atoms with van der Waals surface area (Å²) in [7, 11) is 1.65. The molecule has 0 fully saturated rings. The maximum Gasteiger partial charge on any atom is 0.199 e. The van der Waals surface area contributed by atoms with Crippen molar-refractivity contribution in [2.24, 2.45) is 0 Å². The van der Waals surface area contributed by atoms with Gasteiger partial charge in [-0.1, -0.05) is 0 Å². The average molecular weight is 266 g/mol. The monoisotopic (exact) mass is 266 g/mol. The van der Waals surface area contributed by atoms with Crippen LogP contribution >= 0.6 is 0 Å². The Hall–Kier alpha value is -2.96. The van der Waals surface area contributed by atoms with Gasteiger partial charge in [0.05, 0.1) is 12.6 Å². The molecule has 3 aromatic heterocycles. The van der Waals surface area contributed by atoms with Crippen LogP contribution in [0.4, 0.5) is 0 Å². The maximum absolute atomic E-state index is 5.28. The second-order valence-corrected chi connectivity index (χ2v) is 4.36. The Balaban J connectivity index is 2.03. The van der Waals surface area contributed by atoms with Crippen LogP contribution in [0.15, 0.2) is 36.5 Å². The van der Waals surface area contributed by atoms with Crippen molar-refractivity contribution < 1.29 is 4.74 Å². The third-order valence-corrected chi connectivity index (χ3v) is 3.23. The number of aromatic amines is 1. The molecule has 7 heteroatoms. The molecule has 0 saturated heterocycles. The third kappa shape index (κ3) is 1.53. The number of H-pyrrole nitrogens is 1. The van der Waals surface area contributed by atoms with Crippen LogP contribution in [0.5, 0.6) is 5.75 Å². The van der Waals surface area contributed by atoms with Crippen molar-refractivity contribution in [3.8, 4) is 17.3 Å². The summed E-state index contributed by atoms with van der Waals surface area (Å²) in [6.07, 6.45) is 1.90. The van der Waals surface area contributed by atoms with E-state index in [-0.39, 0.29) is 0 Å². The Bertz CT molecular complexity index is 896. The summed E-state index contributed by atoms with van der Waals surface area (Å²) in [4.78, 5) is 4.51. The van der Waals surface area contributed by atoms with E-state index in [1.54, 1.807) is 7.11 Å². The molecule has 0 unspecified atom stereocenters. The van der Waals surface area contributed by atoms with E-state index in [9.17, 15) is 0 Å². The molecule has 0 aliphatic heterocycles. The van der Waals surface area contributed by atoms with Crippen LogP contribution in [0.2, 0.25) is 0 Å². The smallest absolute Gasteiger partial charge is 0.199 e. The average Bonchev–Trinajstić information content (AvgIpc) is 3.15. The fraction of sp³-hybridized carbons (Fsp3) is 0.0769. The molecule has 7 nitrogen and oxygen atoms in total. The van der Waals surface area contributed by atoms with Gasteiger partial charge >= 0.3 is 0 Å². The number of nitrogens with one attached hydrogen (secondary N) is 1. The Morgan fingerprint density at radius 1 is 1.20 bits per heavy atom. The van der Waals surface area contributed by atoms with Crippen LogP contribution in [0.1, 0.15) is 0 Å². The second kappa shape index (κ2) is 4.02. The van der Waals surface area contributed by atoms with E-state index in [0.29, 0.717) is 11.5 Å². The van der Waals surface area contributed by atoms with E-state index in [1.807, 2.05) is 40.9 Å². The van der Waals surface area contributed by atoms with E-state index >= 15 is 0 Å². The molecule has 0 aliphatic rings. The van der Waals surface area contributed by atoms with Crippen molar-refractivity contribution in [2.75, 3.05) is 7.11 Å². The lowest BCUT2D eigenvalue weighted by Gasteiger charge is -2.04. The molecule has 0 saturated carbocycles. The van der Waals surface area contributed by atoms with Gasteiger partial charge in [-0.15, -0.1) is 5.10 Å². The summed E-state index contributed by atoms with van der Waals surface area (Å²) in [5, 5.41) is 14.8. The molecule has 0 bridgehead atoms. The number of methoxy groups -OCH3 is 1. The lowest BCUT2D eigenvalue weighted by atomic mass is 10.2. The summed E-state index contributed by atoms with van der Waals surface area (Å²) < 4.78 is 7.27. The quantitative estimate of drug-likeness (QED) is 0.597. The van der Waals surface area contributed by atoms with Crippen molar-refractivity contribution >= 4 is 16.6 Å². The molecule has 4 aromatic rings. The first-order chi connectivity index (χ1) is 9.85. The number of ether oxygens (including phenoxy) is 1. The number of benzene rings is 1. The summed E-state index contributed by atoms with van der Waals surface area (Å²) >= 11 is 0. The Kier molecular flexibility index (Phi) is 2.19. The van der Waals surface area contributed by atoms with Gasteiger partial charge in [-0.25, -0.2) is 10.1 Å². The number of fused-ring (bicyclic) bond motifs is 3. The van der Waals surface area contributed by atoms with Gasteiger partial charge in [0.25, 0.3) is 0 Å². The molecule has 1 aromatic carbocycles. The van der Waals surface area contributed by atoms with Crippen LogP contribution in [0, 0.1) is 0 Å². The van der Waals surface area contributed by atoms with Crippen molar-refractivity contribution in [1.82, 2.24) is 30.0 Å². The van der Waals surface area contributed by atoms with Gasteiger partial charge in [0.1, 0.15) is 17.1 Å². The summed E-state index contributed by atoms with van der Waals surface area (Å²) in [6.45, 7) is 0. The molecule has 0 spiro atoms. The first kappa shape index (κ1) is 10.9. The fourth-order valence-corrected chi connectivity index (χ4v) is 2.25. The minimum Gasteiger partial charge on any atom is -0.497 e. The zero-order valence-electron chi connectivity index (χ0n) is 10.6. The third-order valence-electron chi connectivity index (χ3n) is 3.23. The lowest BCUT2D eigenvalue weighted by Crippen LogP contribution is -1.88. The second-order valence-electron chi connectivity index (χ2n) is 4.36. The number of pyridine rings is 1. The van der Waals surface area contributed by atoms with Crippen molar-refractivity contribution in [3.05, 3.63) is 36.5 Å². The molecule has 20 heavy (non-hydrogen) atoms. The summed E-state index contributed by atoms with van der Waals surface area (Å²) in [5.74, 6) is 1.35. The van der Waals surface area contributed by atoms with Gasteiger partial charge in [-0.3, -0.25) is 4.40 Å². The number of imidazole rings is 1. The van der Waals surface area contributed by atoms with E-state index in [1.165, 1.54) is 0 Å². The maximum atomic E-state index is 5.28. The van der Waals surface area contributed by atoms with Gasteiger partial charge in [-0.05, 0) is 40.1 Å². The van der Waals surface area contributed by atoms with Crippen LogP contribution < -0.4 is 4.74 Å². The molecular weight excluding hydrogens is 256 g/mol. The first-order valence-electron chi connectivity index (χ1n) is 6.05. The van der Waals surface area contributed by atoms with Gasteiger partial charge in [0, 0.05) is 12.3 Å². The molecule has 0 amide bonds. The molecule has 1 N–H and O–H groups in total. The molecule has 0 atom stereocenters. The zero-order chi connectivity index (χ0) is 13.5. The predicted octanol–water partition coefficient (Wildman–Crippen LogP) is 1.68. The summed E-state index contributed by atoms with van der Waals surface area (Å²) in [5.41, 5.74) is 2.55. The highest BCUT2D eigenvalue weighted by Crippen LogP contribution is 2.24. The largest absolute Gasteiger partial charge is 0.497 e. The molecular formula is C13H10N6O. The number of rotatable bonds is 2. The number of aromatic nitrogens is 6. The number of hydrogen-bond acceptors (Lipinski definition) is 5. The number of tetrazole rings is 1. The normalized spacial score (nSPS) is 11.2. The van der Waals surface area contributed by atoms with Crippen LogP contribution in [0.25, 0.3) is 28.1 Å². The van der Waals surface area contributed by atoms with Gasteiger partial charge < -0.3 is 4.74 Å². The standard InChI is InChI=1S/C13H10N6O/c1-20-9-4-2-8-3-5-12-14-10(13-15-17-18-16-13)7-19(12)11(8)6-9/h2-7H,1H3,(H,15,16,17,18). The lowest BCUT2D eigenvalue weighted by molar-refractivity contribution is 0.415. The van der Waals surface area contributed by atoms with Gasteiger partial charge in [0.2, 0.25) is 0 Å². The fourth-order valence-electron chi connectivity index (χ4n) is 2.25. The first-order valence-corrected chi connectivity index (χ1v) is 6.05. The van der Waals surface area contributed by atoms with Crippen LogP contribution in [0.3, 0.4) is 0 Å². The highest BCUT2D eigenvalue weighted by molar-refractivity contribution is 5.84. The molecule has 3 heterocycles. The Morgan fingerprint density at radius 3 is 2.90 bits per heavy atom. The highest BCUT2D eigenvalue weighted by Gasteiger charge is 2.10. The van der Waals surface area contributed by atoms with E-state index < -0.39 is 0 Å². The van der Waals surface area contributed by atoms with E-state index in [0.717, 1.165) is 22.3 Å². The van der Waals surface area contributed by atoms with Crippen LogP contribution in [-0.2, 0) is 0 Å². The van der Waals surface area contributed by atoms with Crippen molar-refractivity contribution in [1.29, 1.82) is 0 Å². The minimum absolute atomic E-state index is 0.546. The highest BCUT2D eigenvalue weighted by atomic mass is 16.5. The molecule has 98 valence electrons. The van der Waals surface area contributed by atoms with Crippen LogP contribution in [-0.4, -0.2) is 37.1 Å². The van der Waals surface area contributed by atoms with E-state index in [4.69, 9.17) is 4.74 Å². The molecule has 0 aliphatic carbocycles. The Morgan fingerprint density at radius 2 is 2.10 bits per heavy atom. The summed E-state index contributed by atoms with van der Waals surface area (Å²) in [6, 6.07) is 9.92. The zero-order valence-corrected chi connectivity index (χ0v) is 10.6. The van der Waals surface area contributed by atoms with Crippen molar-refractivity contribution in [3.63, 3.8) is 0 Å². The predicted molar refractivity (Wildman–Crippen MR) is 72.4 cm³/mol. The van der Waals surface area contributed by atoms with Crippen molar-refractivity contribution in [2.45, 2.75) is 0 Å². The minimum atomic E-state index is 0.546. The van der Waals surface area contributed by atoms with Gasteiger partial charge in [0.15, 0.2) is 5.82 Å². The Labute approximate surface area is 113 Å². The topological polar surface area (TPSA) is 81.0 Å². The number of nitrogens with zero attached hydrogens (tertiary/aromatic N) is 5.